The van der Waals surface area contributed by atoms with Crippen LogP contribution in [0, 0.1) is 0 Å². The van der Waals surface area contributed by atoms with E-state index in [0.29, 0.717) is 32.6 Å². The van der Waals surface area contributed by atoms with Gasteiger partial charge >= 0.3 is 0 Å². The SMILES string of the molecule is CCN1CCN(C(=O)[C@@H]2CC(=O)N[C@@H](CO)C(=O)N[C@H](Cc3ccccc3)COc3ccccc3C(=O)N2)CC1. The number of nitrogens with one attached hydrogen (secondary N) is 3. The zero-order valence-electron chi connectivity index (χ0n) is 22.7. The molecule has 3 atom stereocenters. The molecule has 1 fully saturated rings. The van der Waals surface area contributed by atoms with Crippen LogP contribution in [0.25, 0.3) is 0 Å². The summed E-state index contributed by atoms with van der Waals surface area (Å²) in [6.45, 7) is 4.67. The number of para-hydroxylation sites is 1. The fourth-order valence-corrected chi connectivity index (χ4v) is 4.90. The number of carbonyl (C=O) groups excluding carboxylic acids is 4. The number of nitrogens with zero attached hydrogens (tertiary/aromatic N) is 2. The molecular formula is C29H37N5O6. The van der Waals surface area contributed by atoms with E-state index in [1.807, 2.05) is 30.3 Å². The first-order valence-electron chi connectivity index (χ1n) is 13.7. The molecule has 0 saturated carbocycles. The predicted octanol–water partition coefficient (Wildman–Crippen LogP) is -0.0638. The van der Waals surface area contributed by atoms with Gasteiger partial charge in [-0.2, -0.15) is 0 Å². The quantitative estimate of drug-likeness (QED) is 0.408. The van der Waals surface area contributed by atoms with Crippen molar-refractivity contribution >= 4 is 23.6 Å². The summed E-state index contributed by atoms with van der Waals surface area (Å²) in [7, 11) is 0. The van der Waals surface area contributed by atoms with E-state index in [9.17, 15) is 24.3 Å². The van der Waals surface area contributed by atoms with Gasteiger partial charge in [0.2, 0.25) is 17.7 Å². The molecule has 11 heteroatoms. The van der Waals surface area contributed by atoms with Gasteiger partial charge in [0.1, 0.15) is 24.4 Å². The Morgan fingerprint density at radius 1 is 0.950 bits per heavy atom. The molecule has 1 saturated heterocycles. The minimum Gasteiger partial charge on any atom is -0.491 e. The molecule has 11 nitrogen and oxygen atoms in total. The van der Waals surface area contributed by atoms with E-state index in [0.717, 1.165) is 12.1 Å². The van der Waals surface area contributed by atoms with Gasteiger partial charge in [0.15, 0.2) is 0 Å². The number of amides is 4. The van der Waals surface area contributed by atoms with Crippen LogP contribution in [0.3, 0.4) is 0 Å². The Kier molecular flexibility index (Phi) is 10.1. The lowest BCUT2D eigenvalue weighted by Crippen LogP contribution is -2.57. The molecule has 2 aromatic rings. The molecule has 0 unspecified atom stereocenters. The Labute approximate surface area is 233 Å². The van der Waals surface area contributed by atoms with E-state index in [1.165, 1.54) is 0 Å². The standard InChI is InChI=1S/C29H37N5O6/c1-2-33-12-14-34(15-13-33)29(39)23-17-26(36)31-24(18-35)28(38)30-21(16-20-8-4-3-5-9-20)19-40-25-11-7-6-10-22(25)27(37)32-23/h3-11,21,23-24,35H,2,12-19H2,1H3,(H,30,38)(H,31,36)(H,32,37)/t21-,23+,24+/m1/s1. The second-order valence-corrected chi connectivity index (χ2v) is 9.99. The van der Waals surface area contributed by atoms with Gasteiger partial charge in [0.25, 0.3) is 5.91 Å². The number of aliphatic hydroxyl groups is 1. The first-order valence-corrected chi connectivity index (χ1v) is 13.7. The molecule has 2 aromatic carbocycles. The van der Waals surface area contributed by atoms with Crippen molar-refractivity contribution in [3.05, 3.63) is 65.7 Å². The topological polar surface area (TPSA) is 140 Å². The third-order valence-electron chi connectivity index (χ3n) is 7.20. The Balaban J connectivity index is 1.60. The van der Waals surface area contributed by atoms with Crippen molar-refractivity contribution in [2.24, 2.45) is 0 Å². The van der Waals surface area contributed by atoms with Crippen LogP contribution in [0.1, 0.15) is 29.3 Å². The highest BCUT2D eigenvalue weighted by atomic mass is 16.5. The summed E-state index contributed by atoms with van der Waals surface area (Å²) in [4.78, 5) is 56.9. The van der Waals surface area contributed by atoms with E-state index < -0.39 is 48.9 Å². The molecule has 4 amide bonds. The number of hydrogen-bond donors (Lipinski definition) is 4. The number of aliphatic hydroxyl groups excluding tert-OH is 1. The summed E-state index contributed by atoms with van der Waals surface area (Å²) >= 11 is 0. The normalized spacial score (nSPS) is 23.1. The first kappa shape index (κ1) is 29.0. The molecule has 2 aliphatic rings. The number of likely N-dealkylation sites (N-methyl/N-ethyl adjacent to an activating group) is 1. The molecule has 0 bridgehead atoms. The van der Waals surface area contributed by atoms with Gasteiger partial charge in [-0.1, -0.05) is 49.4 Å². The van der Waals surface area contributed by atoms with E-state index in [2.05, 4.69) is 27.8 Å². The van der Waals surface area contributed by atoms with E-state index in [-0.39, 0.29) is 23.8 Å². The number of piperazine rings is 1. The van der Waals surface area contributed by atoms with Crippen molar-refractivity contribution in [3.8, 4) is 5.75 Å². The summed E-state index contributed by atoms with van der Waals surface area (Å²) in [5.41, 5.74) is 1.17. The van der Waals surface area contributed by atoms with Gasteiger partial charge in [-0.05, 0) is 30.7 Å². The fraction of sp³-hybridized carbons (Fsp3) is 0.448. The monoisotopic (exact) mass is 551 g/mol. The molecule has 2 heterocycles. The van der Waals surface area contributed by atoms with Crippen LogP contribution in [-0.4, -0.2) is 103 Å². The van der Waals surface area contributed by atoms with Gasteiger partial charge < -0.3 is 35.6 Å². The minimum atomic E-state index is -1.24. The minimum absolute atomic E-state index is 0.0289. The summed E-state index contributed by atoms with van der Waals surface area (Å²) < 4.78 is 6.04. The summed E-state index contributed by atoms with van der Waals surface area (Å²) in [6, 6.07) is 13.2. The van der Waals surface area contributed by atoms with Crippen molar-refractivity contribution in [3.63, 3.8) is 0 Å². The van der Waals surface area contributed by atoms with Crippen molar-refractivity contribution in [2.75, 3.05) is 45.9 Å². The molecule has 214 valence electrons. The highest BCUT2D eigenvalue weighted by molar-refractivity contribution is 6.01. The first-order chi connectivity index (χ1) is 19.4. The zero-order valence-corrected chi connectivity index (χ0v) is 22.7. The Hall–Kier alpha value is -3.96. The van der Waals surface area contributed by atoms with Crippen LogP contribution in [0.15, 0.2) is 54.6 Å². The highest BCUT2D eigenvalue weighted by Gasteiger charge is 2.33. The molecule has 40 heavy (non-hydrogen) atoms. The van der Waals surface area contributed by atoms with Gasteiger partial charge in [0, 0.05) is 26.2 Å². The molecule has 0 radical (unpaired) electrons. The average Bonchev–Trinajstić information content (AvgIpc) is 2.98. The number of carbonyl (C=O) groups is 4. The lowest BCUT2D eigenvalue weighted by atomic mass is 10.1. The predicted molar refractivity (Wildman–Crippen MR) is 148 cm³/mol. The third-order valence-corrected chi connectivity index (χ3v) is 7.20. The van der Waals surface area contributed by atoms with E-state index in [4.69, 9.17) is 4.74 Å². The van der Waals surface area contributed by atoms with Crippen LogP contribution in [0.4, 0.5) is 0 Å². The largest absolute Gasteiger partial charge is 0.491 e. The molecule has 4 N–H and O–H groups in total. The van der Waals surface area contributed by atoms with Crippen molar-refractivity contribution in [1.82, 2.24) is 25.8 Å². The second kappa shape index (κ2) is 13.9. The lowest BCUT2D eigenvalue weighted by molar-refractivity contribution is -0.138. The summed E-state index contributed by atoms with van der Waals surface area (Å²) in [5.74, 6) is -1.85. The zero-order chi connectivity index (χ0) is 28.5. The smallest absolute Gasteiger partial charge is 0.255 e. The molecule has 4 rings (SSSR count). The van der Waals surface area contributed by atoms with E-state index in [1.54, 1.807) is 29.2 Å². The summed E-state index contributed by atoms with van der Waals surface area (Å²) in [6.07, 6.45) is 0.0354. The lowest BCUT2D eigenvalue weighted by Gasteiger charge is -2.36. The number of rotatable bonds is 5. The average molecular weight is 552 g/mol. The maximum atomic E-state index is 13.5. The third kappa shape index (κ3) is 7.57. The van der Waals surface area contributed by atoms with Crippen LogP contribution in [0.2, 0.25) is 0 Å². The van der Waals surface area contributed by atoms with Gasteiger partial charge in [0.05, 0.1) is 24.6 Å². The van der Waals surface area contributed by atoms with Gasteiger partial charge in [-0.3, -0.25) is 19.2 Å². The Bertz CT molecular complexity index is 1180. The molecule has 0 spiro atoms. The maximum Gasteiger partial charge on any atom is 0.255 e. The van der Waals surface area contributed by atoms with E-state index >= 15 is 0 Å². The van der Waals surface area contributed by atoms with Crippen LogP contribution < -0.4 is 20.7 Å². The molecule has 2 aliphatic heterocycles. The van der Waals surface area contributed by atoms with Crippen molar-refractivity contribution in [1.29, 1.82) is 0 Å². The van der Waals surface area contributed by atoms with Crippen LogP contribution >= 0.6 is 0 Å². The van der Waals surface area contributed by atoms with Gasteiger partial charge in [-0.25, -0.2) is 0 Å². The van der Waals surface area contributed by atoms with Crippen LogP contribution in [0.5, 0.6) is 5.75 Å². The van der Waals surface area contributed by atoms with Crippen molar-refractivity contribution in [2.45, 2.75) is 37.9 Å². The molecular weight excluding hydrogens is 514 g/mol. The summed E-state index contributed by atoms with van der Waals surface area (Å²) in [5, 5.41) is 18.0. The number of hydrogen-bond acceptors (Lipinski definition) is 7. The van der Waals surface area contributed by atoms with Crippen LogP contribution in [-0.2, 0) is 20.8 Å². The maximum absolute atomic E-state index is 13.5. The highest BCUT2D eigenvalue weighted by Crippen LogP contribution is 2.20. The van der Waals surface area contributed by atoms with Crippen molar-refractivity contribution < 1.29 is 29.0 Å². The molecule has 0 aliphatic carbocycles. The number of benzene rings is 2. The molecule has 0 aromatic heterocycles. The van der Waals surface area contributed by atoms with Gasteiger partial charge in [-0.15, -0.1) is 0 Å². The number of fused-ring (bicyclic) bond motifs is 1. The Morgan fingerprint density at radius 3 is 2.35 bits per heavy atom. The Morgan fingerprint density at radius 2 is 1.65 bits per heavy atom. The second-order valence-electron chi connectivity index (χ2n) is 9.99. The fourth-order valence-electron chi connectivity index (χ4n) is 4.90. The number of ether oxygens (including phenoxy) is 1.